The highest BCUT2D eigenvalue weighted by Crippen LogP contribution is 2.33. The van der Waals surface area contributed by atoms with Crippen molar-refractivity contribution in [1.82, 2.24) is 0 Å². The number of rotatable bonds is 7. The van der Waals surface area contributed by atoms with E-state index in [1.165, 1.54) is 30.4 Å². The van der Waals surface area contributed by atoms with Crippen molar-refractivity contribution in [3.05, 3.63) is 77.4 Å². The molecule has 0 aliphatic carbocycles. The second-order valence-corrected chi connectivity index (χ2v) is 6.89. The first kappa shape index (κ1) is 21.7. The van der Waals surface area contributed by atoms with E-state index >= 15 is 0 Å². The maximum Gasteiger partial charge on any atom is 0.416 e. The summed E-state index contributed by atoms with van der Waals surface area (Å²) in [6.45, 7) is 3.43. The van der Waals surface area contributed by atoms with Gasteiger partial charge in [0, 0.05) is 0 Å². The lowest BCUT2D eigenvalue weighted by Gasteiger charge is -2.28. The van der Waals surface area contributed by atoms with Gasteiger partial charge in [-0.3, -0.25) is 4.79 Å². The third kappa shape index (κ3) is 5.96. The van der Waals surface area contributed by atoms with Crippen LogP contribution in [0.5, 0.6) is 0 Å². The van der Waals surface area contributed by atoms with E-state index in [2.05, 4.69) is 0 Å². The summed E-state index contributed by atoms with van der Waals surface area (Å²) in [6.07, 6.45) is -2.42. The van der Waals surface area contributed by atoms with Crippen LogP contribution in [-0.4, -0.2) is 16.7 Å². The maximum absolute atomic E-state index is 13.1. The van der Waals surface area contributed by atoms with E-state index < -0.39 is 29.2 Å². The summed E-state index contributed by atoms with van der Waals surface area (Å²) in [7, 11) is 0. The zero-order chi connectivity index (χ0) is 20.8. The van der Waals surface area contributed by atoms with E-state index in [0.29, 0.717) is 0 Å². The Morgan fingerprint density at radius 2 is 1.68 bits per heavy atom. The molecule has 0 aromatic heterocycles. The molecule has 2 aromatic rings. The van der Waals surface area contributed by atoms with Crippen molar-refractivity contribution in [2.75, 3.05) is 0 Å². The molecule has 3 nitrogen and oxygen atoms in total. The number of halogens is 3. The Labute approximate surface area is 162 Å². The van der Waals surface area contributed by atoms with Gasteiger partial charge in [-0.1, -0.05) is 74.5 Å². The zero-order valence-electron chi connectivity index (χ0n) is 15.7. The van der Waals surface area contributed by atoms with E-state index in [-0.39, 0.29) is 18.6 Å². The first-order chi connectivity index (χ1) is 13.1. The average Bonchev–Trinajstić information content (AvgIpc) is 2.65. The molecule has 0 saturated carbocycles. The van der Waals surface area contributed by atoms with Gasteiger partial charge in [0.2, 0.25) is 0 Å². The smallest absolute Gasteiger partial charge is 0.416 e. The molecular weight excluding hydrogens is 369 g/mol. The van der Waals surface area contributed by atoms with Crippen LogP contribution in [0, 0.1) is 5.92 Å². The van der Waals surface area contributed by atoms with Crippen molar-refractivity contribution in [2.45, 2.75) is 38.7 Å². The highest BCUT2D eigenvalue weighted by Gasteiger charge is 2.34. The standard InChI is InChI=1S/C22H23F3O3/c1-16(2)21(27,14-20(26)28-15-17-8-4-3-5-9-17)13-12-18-10-6-7-11-19(18)22(23,24)25/h3-13,16,27H,14-15H2,1-2H3/b13-12+. The number of carbonyl (C=O) groups is 1. The molecule has 28 heavy (non-hydrogen) atoms. The van der Waals surface area contributed by atoms with Gasteiger partial charge < -0.3 is 9.84 Å². The SMILES string of the molecule is CC(C)C(O)(/C=C/c1ccccc1C(F)(F)F)CC(=O)OCc1ccccc1. The Hall–Kier alpha value is -2.60. The lowest BCUT2D eigenvalue weighted by molar-refractivity contribution is -0.150. The lowest BCUT2D eigenvalue weighted by atomic mass is 9.86. The fourth-order valence-corrected chi connectivity index (χ4v) is 2.61. The number of aliphatic hydroxyl groups is 1. The van der Waals surface area contributed by atoms with Crippen molar-refractivity contribution in [3.63, 3.8) is 0 Å². The molecule has 0 amide bonds. The Bertz CT molecular complexity index is 813. The van der Waals surface area contributed by atoms with Gasteiger partial charge >= 0.3 is 12.1 Å². The molecule has 0 aliphatic rings. The van der Waals surface area contributed by atoms with E-state index in [9.17, 15) is 23.1 Å². The Kier molecular flexibility index (Phi) is 7.02. The minimum absolute atomic E-state index is 0.0640. The molecule has 1 unspecified atom stereocenters. The number of ether oxygens (including phenoxy) is 1. The van der Waals surface area contributed by atoms with Crippen LogP contribution in [0.15, 0.2) is 60.7 Å². The summed E-state index contributed by atoms with van der Waals surface area (Å²) in [5.74, 6) is -1.04. The summed E-state index contributed by atoms with van der Waals surface area (Å²) >= 11 is 0. The molecule has 150 valence electrons. The zero-order valence-corrected chi connectivity index (χ0v) is 15.7. The van der Waals surface area contributed by atoms with Crippen molar-refractivity contribution in [3.8, 4) is 0 Å². The molecule has 1 N–H and O–H groups in total. The topological polar surface area (TPSA) is 46.5 Å². The molecule has 0 heterocycles. The highest BCUT2D eigenvalue weighted by molar-refractivity contribution is 5.72. The predicted molar refractivity (Wildman–Crippen MR) is 101 cm³/mol. The van der Waals surface area contributed by atoms with Crippen molar-refractivity contribution in [1.29, 1.82) is 0 Å². The number of benzene rings is 2. The Morgan fingerprint density at radius 3 is 2.29 bits per heavy atom. The number of carbonyl (C=O) groups excluding carboxylic acids is 1. The van der Waals surface area contributed by atoms with Gasteiger partial charge in [0.05, 0.1) is 17.6 Å². The van der Waals surface area contributed by atoms with Gasteiger partial charge in [-0.05, 0) is 23.1 Å². The lowest BCUT2D eigenvalue weighted by Crippen LogP contribution is -2.36. The van der Waals surface area contributed by atoms with Gasteiger partial charge in [0.25, 0.3) is 0 Å². The molecule has 0 saturated heterocycles. The van der Waals surface area contributed by atoms with Crippen LogP contribution in [0.4, 0.5) is 13.2 Å². The van der Waals surface area contributed by atoms with Gasteiger partial charge in [0.15, 0.2) is 0 Å². The second kappa shape index (κ2) is 9.06. The number of alkyl halides is 3. The van der Waals surface area contributed by atoms with Crippen LogP contribution in [-0.2, 0) is 22.3 Å². The van der Waals surface area contributed by atoms with Gasteiger partial charge in [-0.25, -0.2) is 0 Å². The molecule has 0 aliphatic heterocycles. The molecule has 0 fully saturated rings. The first-order valence-corrected chi connectivity index (χ1v) is 8.89. The highest BCUT2D eigenvalue weighted by atomic mass is 19.4. The molecule has 0 bridgehead atoms. The van der Waals surface area contributed by atoms with Gasteiger partial charge in [-0.2, -0.15) is 13.2 Å². The Morgan fingerprint density at radius 1 is 1.07 bits per heavy atom. The number of hydrogen-bond donors (Lipinski definition) is 1. The largest absolute Gasteiger partial charge is 0.461 e. The van der Waals surface area contributed by atoms with Gasteiger partial charge in [-0.15, -0.1) is 0 Å². The summed E-state index contributed by atoms with van der Waals surface area (Å²) in [5, 5.41) is 10.8. The molecule has 6 heteroatoms. The van der Waals surface area contributed by atoms with Crippen LogP contribution in [0.25, 0.3) is 6.08 Å². The number of esters is 1. The summed E-state index contributed by atoms with van der Waals surface area (Å²) in [5.41, 5.74) is -1.71. The fourth-order valence-electron chi connectivity index (χ4n) is 2.61. The monoisotopic (exact) mass is 392 g/mol. The third-order valence-electron chi connectivity index (χ3n) is 4.49. The van der Waals surface area contributed by atoms with Crippen molar-refractivity contribution < 1.29 is 27.8 Å². The molecular formula is C22H23F3O3. The van der Waals surface area contributed by atoms with Crippen LogP contribution >= 0.6 is 0 Å². The van der Waals surface area contributed by atoms with E-state index in [0.717, 1.165) is 11.6 Å². The van der Waals surface area contributed by atoms with Crippen LogP contribution < -0.4 is 0 Å². The minimum Gasteiger partial charge on any atom is -0.461 e. The van der Waals surface area contributed by atoms with Crippen molar-refractivity contribution in [2.24, 2.45) is 5.92 Å². The minimum atomic E-state index is -4.51. The normalized spacial score (nSPS) is 14.2. The molecule has 2 rings (SSSR count). The van der Waals surface area contributed by atoms with Crippen LogP contribution in [0.2, 0.25) is 0 Å². The predicted octanol–water partition coefficient (Wildman–Crippen LogP) is 5.24. The molecule has 1 atom stereocenters. The summed E-state index contributed by atoms with van der Waals surface area (Å²) in [6, 6.07) is 14.1. The Balaban J connectivity index is 2.13. The quantitative estimate of drug-likeness (QED) is 0.656. The third-order valence-corrected chi connectivity index (χ3v) is 4.49. The molecule has 0 spiro atoms. The van der Waals surface area contributed by atoms with E-state index in [1.54, 1.807) is 26.0 Å². The fraction of sp³-hybridized carbons (Fsp3) is 0.318. The van der Waals surface area contributed by atoms with Crippen LogP contribution in [0.3, 0.4) is 0 Å². The van der Waals surface area contributed by atoms with E-state index in [1.807, 2.05) is 18.2 Å². The van der Waals surface area contributed by atoms with Gasteiger partial charge in [0.1, 0.15) is 6.61 Å². The summed E-state index contributed by atoms with van der Waals surface area (Å²) < 4.78 is 44.6. The van der Waals surface area contributed by atoms with Crippen molar-refractivity contribution >= 4 is 12.0 Å². The average molecular weight is 392 g/mol. The second-order valence-electron chi connectivity index (χ2n) is 6.89. The maximum atomic E-state index is 13.1. The molecule has 2 aromatic carbocycles. The van der Waals surface area contributed by atoms with Crippen LogP contribution in [0.1, 0.15) is 37.0 Å². The summed E-state index contributed by atoms with van der Waals surface area (Å²) in [4.78, 5) is 12.2. The first-order valence-electron chi connectivity index (χ1n) is 8.89. The molecule has 0 radical (unpaired) electrons. The number of hydrogen-bond acceptors (Lipinski definition) is 3. The van der Waals surface area contributed by atoms with E-state index in [4.69, 9.17) is 4.74 Å².